The van der Waals surface area contributed by atoms with Crippen molar-refractivity contribution in [2.45, 2.75) is 0 Å². The molecule has 0 saturated carbocycles. The topological polar surface area (TPSA) is 76.1 Å². The third-order valence-electron chi connectivity index (χ3n) is 12.7. The van der Waals surface area contributed by atoms with E-state index in [2.05, 4.69) is 147 Å². The summed E-state index contributed by atoms with van der Waals surface area (Å²) < 4.78 is 0. The van der Waals surface area contributed by atoms with Crippen LogP contribution in [-0.2, 0) is 20.1 Å². The first-order valence-corrected chi connectivity index (χ1v) is 25.1. The molecule has 0 aliphatic heterocycles. The fourth-order valence-corrected chi connectivity index (χ4v) is 8.75. The van der Waals surface area contributed by atoms with Gasteiger partial charge in [-0.1, -0.05) is 103 Å². The quantitative estimate of drug-likeness (QED) is 0.0896. The van der Waals surface area contributed by atoms with E-state index in [0.29, 0.717) is 11.1 Å². The van der Waals surface area contributed by atoms with Gasteiger partial charge < -0.3 is 19.9 Å². The van der Waals surface area contributed by atoms with Gasteiger partial charge in [0.25, 0.3) is 0 Å². The molecule has 12 rings (SSSR count). The number of carbonyl (C=O) groups is 2. The van der Waals surface area contributed by atoms with Crippen LogP contribution in [0.5, 0.6) is 0 Å². The van der Waals surface area contributed by atoms with Crippen LogP contribution in [0.25, 0.3) is 78.3 Å². The molecule has 0 amide bonds. The second-order valence-corrected chi connectivity index (χ2v) is 17.7. The standard InChI is InChI=1S/C49H33N2O2.2C11H8N.Ir/c52-33-35-16-22-46(23-17-35)51(47-24-18-36(34-53)19-25-47)48-26-20-37(21-27-48)38-7-3-8-39(29-38)40-9-4-10-41(30-40)42-11-5-12-43(31-42)44-13-6-14-45(32-44)49-15-1-2-28-50-49;2*1-2-6-10(7-3-1)11-8-4-5-9-12-11;/h1-13,15-34H;2*1-6,8-9H;/q3*-1;+3. The summed E-state index contributed by atoms with van der Waals surface area (Å²) in [7, 11) is 0. The largest absolute Gasteiger partial charge is 3.00 e. The zero-order chi connectivity index (χ0) is 52.4. The smallest absolute Gasteiger partial charge is 0.311 e. The molecule has 78 heavy (non-hydrogen) atoms. The van der Waals surface area contributed by atoms with E-state index in [4.69, 9.17) is 0 Å². The molecule has 0 radical (unpaired) electrons. The second kappa shape index (κ2) is 26.6. The molecule has 0 bridgehead atoms. The SMILES string of the molecule is O=Cc1ccc(N(c2ccc(C=O)cc2)c2ccc(-c3cccc(-c4cccc(-c5cccc(-c6cc[c-]c(-c7ccccn7)c6)c5)c4)c3)cc2)cc1.[Ir+3].[c-]1ccccc1-c1ccccn1.[c-]1ccccc1-c1ccccn1. The first-order valence-electron chi connectivity index (χ1n) is 25.1. The summed E-state index contributed by atoms with van der Waals surface area (Å²) in [6, 6.07) is 98.5. The van der Waals surface area contributed by atoms with Crippen molar-refractivity contribution in [3.05, 3.63) is 315 Å². The van der Waals surface area contributed by atoms with Crippen molar-refractivity contribution >= 4 is 29.6 Å². The number of anilines is 3. The van der Waals surface area contributed by atoms with Gasteiger partial charge in [0.05, 0.1) is 0 Å². The van der Waals surface area contributed by atoms with E-state index in [0.717, 1.165) is 108 Å². The molecule has 3 heterocycles. The maximum atomic E-state index is 11.3. The Hall–Kier alpha value is -9.78. The van der Waals surface area contributed by atoms with Crippen LogP contribution in [-0.4, -0.2) is 27.5 Å². The summed E-state index contributed by atoms with van der Waals surface area (Å²) in [5.74, 6) is 0. The number of carbonyl (C=O) groups excluding carboxylic acids is 2. The van der Waals surface area contributed by atoms with E-state index in [9.17, 15) is 9.59 Å². The molecule has 0 atom stereocenters. The van der Waals surface area contributed by atoms with Crippen LogP contribution in [0.15, 0.2) is 286 Å². The number of rotatable bonds is 12. The molecular formula is C71H49IrN4O2. The van der Waals surface area contributed by atoms with Gasteiger partial charge in [-0.15, -0.1) is 107 Å². The first kappa shape index (κ1) is 53.1. The maximum absolute atomic E-state index is 11.3. The predicted molar refractivity (Wildman–Crippen MR) is 313 cm³/mol. The van der Waals surface area contributed by atoms with E-state index in [1.165, 1.54) is 0 Å². The molecule has 3 aromatic heterocycles. The number of hydrogen-bond acceptors (Lipinski definition) is 6. The van der Waals surface area contributed by atoms with Gasteiger partial charge in [-0.3, -0.25) is 9.59 Å². The Morgan fingerprint density at radius 2 is 0.641 bits per heavy atom. The van der Waals surface area contributed by atoms with Crippen LogP contribution in [0, 0.1) is 18.2 Å². The number of nitrogens with zero attached hydrogens (tertiary/aromatic N) is 4. The van der Waals surface area contributed by atoms with E-state index < -0.39 is 0 Å². The maximum Gasteiger partial charge on any atom is 3.00 e. The zero-order valence-corrected chi connectivity index (χ0v) is 44.6. The third kappa shape index (κ3) is 13.5. The van der Waals surface area contributed by atoms with Gasteiger partial charge in [-0.05, 0) is 153 Å². The summed E-state index contributed by atoms with van der Waals surface area (Å²) in [5, 5.41) is 0. The summed E-state index contributed by atoms with van der Waals surface area (Å²) in [6.07, 6.45) is 7.07. The predicted octanol–water partition coefficient (Wildman–Crippen LogP) is 17.4. The summed E-state index contributed by atoms with van der Waals surface area (Å²) >= 11 is 0. The fourth-order valence-electron chi connectivity index (χ4n) is 8.75. The van der Waals surface area contributed by atoms with Crippen LogP contribution < -0.4 is 4.90 Å². The minimum absolute atomic E-state index is 0. The molecule has 9 aromatic carbocycles. The van der Waals surface area contributed by atoms with E-state index in [-0.39, 0.29) is 20.1 Å². The molecule has 0 aliphatic rings. The Kier molecular flexibility index (Phi) is 18.1. The van der Waals surface area contributed by atoms with E-state index in [1.807, 2.05) is 164 Å². The number of benzene rings is 9. The van der Waals surface area contributed by atoms with Crippen LogP contribution in [0.3, 0.4) is 0 Å². The van der Waals surface area contributed by atoms with Crippen molar-refractivity contribution < 1.29 is 29.7 Å². The van der Waals surface area contributed by atoms with Crippen LogP contribution in [0.1, 0.15) is 20.7 Å². The van der Waals surface area contributed by atoms with Crippen molar-refractivity contribution in [3.63, 3.8) is 0 Å². The summed E-state index contributed by atoms with van der Waals surface area (Å²) in [4.78, 5) is 37.7. The van der Waals surface area contributed by atoms with Crippen LogP contribution in [0.2, 0.25) is 0 Å². The van der Waals surface area contributed by atoms with E-state index >= 15 is 0 Å². The van der Waals surface area contributed by atoms with Gasteiger partial charge in [0, 0.05) is 46.8 Å². The number of aldehydes is 2. The Balaban J connectivity index is 0.000000240. The minimum atomic E-state index is 0. The van der Waals surface area contributed by atoms with Crippen molar-refractivity contribution in [2.24, 2.45) is 0 Å². The summed E-state index contributed by atoms with van der Waals surface area (Å²) in [5.41, 5.74) is 18.9. The molecule has 6 nitrogen and oxygen atoms in total. The molecule has 374 valence electrons. The fraction of sp³-hybridized carbons (Fsp3) is 0. The van der Waals surface area contributed by atoms with Crippen molar-refractivity contribution in [2.75, 3.05) is 4.90 Å². The van der Waals surface area contributed by atoms with Crippen molar-refractivity contribution in [1.29, 1.82) is 0 Å². The van der Waals surface area contributed by atoms with Crippen LogP contribution in [0.4, 0.5) is 17.1 Å². The minimum Gasteiger partial charge on any atom is -0.311 e. The normalized spacial score (nSPS) is 10.3. The molecule has 0 unspecified atom stereocenters. The first-order chi connectivity index (χ1) is 38.1. The molecule has 7 heteroatoms. The Bertz CT molecular complexity index is 3610. The monoisotopic (exact) mass is 1180 g/mol. The zero-order valence-electron chi connectivity index (χ0n) is 42.2. The summed E-state index contributed by atoms with van der Waals surface area (Å²) in [6.45, 7) is 0. The average molecular weight is 1180 g/mol. The number of hydrogen-bond donors (Lipinski definition) is 0. The molecule has 0 fully saturated rings. The number of pyridine rings is 3. The van der Waals surface area contributed by atoms with Crippen molar-refractivity contribution in [1.82, 2.24) is 15.0 Å². The Morgan fingerprint density at radius 1 is 0.295 bits per heavy atom. The van der Waals surface area contributed by atoms with Gasteiger partial charge >= 0.3 is 20.1 Å². The average Bonchev–Trinajstić information content (AvgIpc) is 3.53. The van der Waals surface area contributed by atoms with Crippen LogP contribution >= 0.6 is 0 Å². The van der Waals surface area contributed by atoms with Gasteiger partial charge in [0.1, 0.15) is 12.6 Å². The van der Waals surface area contributed by atoms with Gasteiger partial charge in [-0.2, -0.15) is 0 Å². The Morgan fingerprint density at radius 3 is 1.00 bits per heavy atom. The molecule has 0 N–H and O–H groups in total. The molecule has 12 aromatic rings. The molecular weight excluding hydrogens is 1130 g/mol. The van der Waals surface area contributed by atoms with Crippen molar-refractivity contribution in [3.8, 4) is 78.3 Å². The molecule has 0 aliphatic carbocycles. The molecule has 0 spiro atoms. The van der Waals surface area contributed by atoms with Gasteiger partial charge in [-0.25, -0.2) is 0 Å². The third-order valence-corrected chi connectivity index (χ3v) is 12.7. The van der Waals surface area contributed by atoms with Gasteiger partial charge in [0.15, 0.2) is 0 Å². The second-order valence-electron chi connectivity index (χ2n) is 17.7. The van der Waals surface area contributed by atoms with E-state index in [1.54, 1.807) is 12.4 Å². The molecule has 0 saturated heterocycles. The Labute approximate surface area is 469 Å². The number of aromatic nitrogens is 3. The van der Waals surface area contributed by atoms with Gasteiger partial charge in [0.2, 0.25) is 0 Å².